The molecule has 0 atom stereocenters. The van der Waals surface area contributed by atoms with E-state index in [9.17, 15) is 9.59 Å². The van der Waals surface area contributed by atoms with Gasteiger partial charge in [-0.15, -0.1) is 0 Å². The number of hydrogen-bond acceptors (Lipinski definition) is 4. The van der Waals surface area contributed by atoms with Crippen molar-refractivity contribution in [2.45, 2.75) is 13.8 Å². The van der Waals surface area contributed by atoms with E-state index in [0.717, 1.165) is 11.1 Å². The third-order valence-electron chi connectivity index (χ3n) is 2.94. The molecule has 0 aliphatic heterocycles. The topological polar surface area (TPSA) is 80.3 Å². The molecule has 126 valence electrons. The van der Waals surface area contributed by atoms with Crippen LogP contribution in [0, 0.1) is 13.8 Å². The molecular formula is C16H15Cl2N3O3. The van der Waals surface area contributed by atoms with E-state index in [1.165, 1.54) is 12.3 Å². The second-order valence-electron chi connectivity index (χ2n) is 5.11. The van der Waals surface area contributed by atoms with Crippen LogP contribution in [0.2, 0.25) is 10.2 Å². The molecule has 1 heterocycles. The lowest BCUT2D eigenvalue weighted by atomic mass is 10.1. The molecule has 0 fully saturated rings. The van der Waals surface area contributed by atoms with Gasteiger partial charge in [-0.05, 0) is 43.2 Å². The average Bonchev–Trinajstić information content (AvgIpc) is 2.52. The lowest BCUT2D eigenvalue weighted by Gasteiger charge is -2.10. The fourth-order valence-corrected chi connectivity index (χ4v) is 2.21. The predicted molar refractivity (Wildman–Crippen MR) is 91.3 cm³/mol. The third-order valence-corrected chi connectivity index (χ3v) is 3.63. The minimum atomic E-state index is -0.569. The Kier molecular flexibility index (Phi) is 6.00. The molecule has 1 aromatic carbocycles. The Labute approximate surface area is 149 Å². The standard InChI is InChI=1S/C16H15Cl2N3O3/c1-9-3-10(2)5-12(4-9)24-8-14(22)20-21-16(23)11-6-13(17)15(18)19-7-11/h3-7H,8H2,1-2H3,(H,20,22)(H,21,23). The van der Waals surface area contributed by atoms with Gasteiger partial charge in [0, 0.05) is 6.20 Å². The molecule has 0 spiro atoms. The Morgan fingerprint density at radius 2 is 1.75 bits per heavy atom. The molecule has 0 bridgehead atoms. The van der Waals surface area contributed by atoms with Crippen LogP contribution in [0.1, 0.15) is 21.5 Å². The average molecular weight is 368 g/mol. The van der Waals surface area contributed by atoms with Gasteiger partial charge in [-0.2, -0.15) is 0 Å². The van der Waals surface area contributed by atoms with Crippen LogP contribution in [0.15, 0.2) is 30.5 Å². The Bertz CT molecular complexity index is 761. The lowest BCUT2D eigenvalue weighted by Crippen LogP contribution is -2.43. The molecule has 6 nitrogen and oxygen atoms in total. The normalized spacial score (nSPS) is 10.2. The zero-order chi connectivity index (χ0) is 17.7. The minimum absolute atomic E-state index is 0.0964. The Balaban J connectivity index is 1.84. The second-order valence-corrected chi connectivity index (χ2v) is 5.88. The molecule has 0 saturated heterocycles. The number of aryl methyl sites for hydroxylation is 2. The molecule has 0 aliphatic rings. The van der Waals surface area contributed by atoms with E-state index in [-0.39, 0.29) is 22.3 Å². The van der Waals surface area contributed by atoms with E-state index >= 15 is 0 Å². The molecule has 0 radical (unpaired) electrons. The maximum absolute atomic E-state index is 11.9. The van der Waals surface area contributed by atoms with Crippen molar-refractivity contribution in [2.24, 2.45) is 0 Å². The Hall–Kier alpha value is -2.31. The molecule has 8 heteroatoms. The largest absolute Gasteiger partial charge is 0.484 e. The van der Waals surface area contributed by atoms with E-state index in [2.05, 4.69) is 15.8 Å². The van der Waals surface area contributed by atoms with E-state index in [1.807, 2.05) is 32.0 Å². The van der Waals surface area contributed by atoms with Crippen molar-refractivity contribution in [1.82, 2.24) is 15.8 Å². The number of rotatable bonds is 4. The van der Waals surface area contributed by atoms with Crippen LogP contribution in [0.25, 0.3) is 0 Å². The number of hydrazine groups is 1. The third kappa shape index (κ3) is 5.11. The maximum Gasteiger partial charge on any atom is 0.276 e. The minimum Gasteiger partial charge on any atom is -0.484 e. The first-order valence-corrected chi connectivity index (χ1v) is 7.72. The number of nitrogens with one attached hydrogen (secondary N) is 2. The summed E-state index contributed by atoms with van der Waals surface area (Å²) in [5, 5.41) is 0.243. The first-order chi connectivity index (χ1) is 11.3. The summed E-state index contributed by atoms with van der Waals surface area (Å²) in [6, 6.07) is 6.99. The molecule has 0 aliphatic carbocycles. The molecule has 2 amide bonds. The number of halogens is 2. The summed E-state index contributed by atoms with van der Waals surface area (Å²) in [4.78, 5) is 27.4. The summed E-state index contributed by atoms with van der Waals surface area (Å²) < 4.78 is 5.39. The highest BCUT2D eigenvalue weighted by Crippen LogP contribution is 2.19. The van der Waals surface area contributed by atoms with Crippen molar-refractivity contribution in [1.29, 1.82) is 0 Å². The first-order valence-electron chi connectivity index (χ1n) is 6.96. The quantitative estimate of drug-likeness (QED) is 0.643. The van der Waals surface area contributed by atoms with Gasteiger partial charge in [0.15, 0.2) is 6.61 Å². The van der Waals surface area contributed by atoms with Crippen LogP contribution in [0.3, 0.4) is 0 Å². The van der Waals surface area contributed by atoms with Crippen LogP contribution < -0.4 is 15.6 Å². The smallest absolute Gasteiger partial charge is 0.276 e. The molecule has 2 aromatic rings. The summed E-state index contributed by atoms with van der Waals surface area (Å²) in [5.74, 6) is -0.487. The zero-order valence-corrected chi connectivity index (χ0v) is 14.5. The highest BCUT2D eigenvalue weighted by molar-refractivity contribution is 6.41. The van der Waals surface area contributed by atoms with E-state index in [4.69, 9.17) is 27.9 Å². The van der Waals surface area contributed by atoms with Crippen LogP contribution in [0.5, 0.6) is 5.75 Å². The van der Waals surface area contributed by atoms with Gasteiger partial charge in [0.2, 0.25) is 0 Å². The van der Waals surface area contributed by atoms with Crippen molar-refractivity contribution in [2.75, 3.05) is 6.61 Å². The van der Waals surface area contributed by atoms with E-state index < -0.39 is 11.8 Å². The number of pyridine rings is 1. The molecular weight excluding hydrogens is 353 g/mol. The van der Waals surface area contributed by atoms with Gasteiger partial charge < -0.3 is 4.74 Å². The summed E-state index contributed by atoms with van der Waals surface area (Å²) in [6.07, 6.45) is 1.25. The number of aromatic nitrogens is 1. The predicted octanol–water partition coefficient (Wildman–Crippen LogP) is 2.85. The van der Waals surface area contributed by atoms with Crippen molar-refractivity contribution in [3.8, 4) is 5.75 Å². The summed E-state index contributed by atoms with van der Waals surface area (Å²) in [5.41, 5.74) is 6.72. The highest BCUT2D eigenvalue weighted by atomic mass is 35.5. The Morgan fingerprint density at radius 3 is 2.38 bits per heavy atom. The van der Waals surface area contributed by atoms with Gasteiger partial charge in [0.1, 0.15) is 10.9 Å². The number of nitrogens with zero attached hydrogens (tertiary/aromatic N) is 1. The maximum atomic E-state index is 11.9. The summed E-state index contributed by atoms with van der Waals surface area (Å²) in [6.45, 7) is 3.64. The molecule has 24 heavy (non-hydrogen) atoms. The number of carbonyl (C=O) groups excluding carboxylic acids is 2. The first kappa shape index (κ1) is 18.0. The van der Waals surface area contributed by atoms with E-state index in [0.29, 0.717) is 5.75 Å². The van der Waals surface area contributed by atoms with Gasteiger partial charge in [-0.3, -0.25) is 20.4 Å². The van der Waals surface area contributed by atoms with Crippen LogP contribution >= 0.6 is 23.2 Å². The fourth-order valence-electron chi connectivity index (χ4n) is 1.95. The lowest BCUT2D eigenvalue weighted by molar-refractivity contribution is -0.123. The Morgan fingerprint density at radius 1 is 1.08 bits per heavy atom. The number of carbonyl (C=O) groups is 2. The second kappa shape index (κ2) is 7.99. The SMILES string of the molecule is Cc1cc(C)cc(OCC(=O)NNC(=O)c2cnc(Cl)c(Cl)c2)c1. The number of amides is 2. The van der Waals surface area contributed by atoms with Crippen molar-refractivity contribution in [3.63, 3.8) is 0 Å². The van der Waals surface area contributed by atoms with Crippen molar-refractivity contribution in [3.05, 3.63) is 57.3 Å². The molecule has 2 rings (SSSR count). The van der Waals surface area contributed by atoms with Crippen molar-refractivity contribution >= 4 is 35.0 Å². The van der Waals surface area contributed by atoms with Gasteiger partial charge in [0.05, 0.1) is 10.6 Å². The molecule has 0 saturated carbocycles. The number of ether oxygens (including phenoxy) is 1. The summed E-state index contributed by atoms with van der Waals surface area (Å²) >= 11 is 11.5. The van der Waals surface area contributed by atoms with Gasteiger partial charge in [-0.1, -0.05) is 29.3 Å². The molecule has 2 N–H and O–H groups in total. The van der Waals surface area contributed by atoms with Gasteiger partial charge in [0.25, 0.3) is 11.8 Å². The van der Waals surface area contributed by atoms with E-state index in [1.54, 1.807) is 0 Å². The van der Waals surface area contributed by atoms with Crippen molar-refractivity contribution < 1.29 is 14.3 Å². The molecule has 1 aromatic heterocycles. The fraction of sp³-hybridized carbons (Fsp3) is 0.188. The monoisotopic (exact) mass is 367 g/mol. The highest BCUT2D eigenvalue weighted by Gasteiger charge is 2.10. The van der Waals surface area contributed by atoms with Gasteiger partial charge in [-0.25, -0.2) is 4.98 Å². The van der Waals surface area contributed by atoms with Crippen LogP contribution in [0.4, 0.5) is 0 Å². The zero-order valence-electron chi connectivity index (χ0n) is 13.0. The summed E-state index contributed by atoms with van der Waals surface area (Å²) in [7, 11) is 0. The van der Waals surface area contributed by atoms with Gasteiger partial charge >= 0.3 is 0 Å². The molecule has 0 unspecified atom stereocenters. The van der Waals surface area contributed by atoms with Crippen LogP contribution in [-0.2, 0) is 4.79 Å². The number of benzene rings is 1. The number of hydrogen-bond donors (Lipinski definition) is 2. The van der Waals surface area contributed by atoms with Crippen LogP contribution in [-0.4, -0.2) is 23.4 Å².